The molecular formula is C27H25N5O3. The van der Waals surface area contributed by atoms with Gasteiger partial charge in [-0.25, -0.2) is 0 Å². The van der Waals surface area contributed by atoms with Gasteiger partial charge in [0.25, 0.3) is 11.8 Å². The van der Waals surface area contributed by atoms with Gasteiger partial charge in [-0.05, 0) is 37.1 Å². The lowest BCUT2D eigenvalue weighted by atomic mass is 10.00. The Hall–Kier alpha value is -4.46. The van der Waals surface area contributed by atoms with E-state index < -0.39 is 0 Å². The molecule has 1 aliphatic rings. The zero-order valence-corrected chi connectivity index (χ0v) is 19.5. The molecule has 5 rings (SSSR count). The highest BCUT2D eigenvalue weighted by Crippen LogP contribution is 2.38. The lowest BCUT2D eigenvalue weighted by Gasteiger charge is -2.17. The van der Waals surface area contributed by atoms with Crippen LogP contribution in [0.1, 0.15) is 33.7 Å². The van der Waals surface area contributed by atoms with E-state index in [9.17, 15) is 9.59 Å². The molecule has 4 aromatic rings. The number of nitrogens with one attached hydrogen (secondary N) is 3. The molecule has 8 nitrogen and oxygen atoms in total. The minimum Gasteiger partial charge on any atom is -0.496 e. The van der Waals surface area contributed by atoms with Crippen molar-refractivity contribution in [2.45, 2.75) is 18.9 Å². The Balaban J connectivity index is 1.66. The first-order valence-electron chi connectivity index (χ1n) is 11.4. The van der Waals surface area contributed by atoms with E-state index in [1.807, 2.05) is 48.5 Å². The number of para-hydroxylation sites is 1. The van der Waals surface area contributed by atoms with Gasteiger partial charge in [0, 0.05) is 53.8 Å². The van der Waals surface area contributed by atoms with E-state index in [1.54, 1.807) is 32.6 Å². The summed E-state index contributed by atoms with van der Waals surface area (Å²) in [4.78, 5) is 33.9. The maximum atomic E-state index is 13.1. The molecule has 35 heavy (non-hydrogen) atoms. The van der Waals surface area contributed by atoms with Crippen molar-refractivity contribution in [3.05, 3.63) is 78.2 Å². The predicted octanol–water partition coefficient (Wildman–Crippen LogP) is 4.30. The van der Waals surface area contributed by atoms with E-state index in [0.29, 0.717) is 28.2 Å². The van der Waals surface area contributed by atoms with E-state index in [1.165, 1.54) is 0 Å². The number of anilines is 2. The minimum absolute atomic E-state index is 0.158. The van der Waals surface area contributed by atoms with E-state index in [-0.39, 0.29) is 17.9 Å². The van der Waals surface area contributed by atoms with Crippen LogP contribution in [-0.2, 0) is 0 Å². The van der Waals surface area contributed by atoms with Crippen molar-refractivity contribution in [1.29, 1.82) is 0 Å². The Kier molecular flexibility index (Phi) is 6.01. The highest BCUT2D eigenvalue weighted by atomic mass is 16.5. The van der Waals surface area contributed by atoms with Crippen LogP contribution in [0.25, 0.3) is 22.0 Å². The number of carbonyl (C=O) groups excluding carboxylic acids is 2. The van der Waals surface area contributed by atoms with Crippen LogP contribution in [0.2, 0.25) is 0 Å². The molecule has 2 heterocycles. The summed E-state index contributed by atoms with van der Waals surface area (Å²) >= 11 is 0. The highest BCUT2D eigenvalue weighted by Gasteiger charge is 2.26. The Morgan fingerprint density at radius 2 is 1.77 bits per heavy atom. The zero-order valence-electron chi connectivity index (χ0n) is 19.5. The third kappa shape index (κ3) is 4.63. The fourth-order valence-electron chi connectivity index (χ4n) is 3.89. The van der Waals surface area contributed by atoms with Crippen LogP contribution in [0.5, 0.6) is 5.75 Å². The van der Waals surface area contributed by atoms with Crippen LogP contribution >= 0.6 is 0 Å². The largest absolute Gasteiger partial charge is 0.496 e. The van der Waals surface area contributed by atoms with Gasteiger partial charge in [0.2, 0.25) is 0 Å². The number of methoxy groups -OCH3 is 1. The lowest BCUT2D eigenvalue weighted by molar-refractivity contribution is 0.0946. The fourth-order valence-corrected chi connectivity index (χ4v) is 3.89. The van der Waals surface area contributed by atoms with Crippen molar-refractivity contribution in [3.63, 3.8) is 0 Å². The zero-order chi connectivity index (χ0) is 24.4. The molecule has 1 fully saturated rings. The fraction of sp³-hybridized carbons (Fsp3) is 0.185. The summed E-state index contributed by atoms with van der Waals surface area (Å²) in [6, 6.07) is 17.2. The number of ether oxygens (including phenoxy) is 1. The molecule has 0 saturated heterocycles. The number of rotatable bonds is 7. The number of hydrogen-bond donors (Lipinski definition) is 3. The molecule has 176 valence electrons. The van der Waals surface area contributed by atoms with Gasteiger partial charge in [0.05, 0.1) is 23.9 Å². The van der Waals surface area contributed by atoms with E-state index >= 15 is 0 Å². The third-order valence-electron chi connectivity index (χ3n) is 5.92. The van der Waals surface area contributed by atoms with Crippen LogP contribution < -0.4 is 20.7 Å². The molecule has 8 heteroatoms. The summed E-state index contributed by atoms with van der Waals surface area (Å²) in [6.45, 7) is 0. The number of amides is 2. The molecule has 1 aliphatic carbocycles. The Morgan fingerprint density at radius 3 is 2.43 bits per heavy atom. The second-order valence-electron chi connectivity index (χ2n) is 8.37. The maximum absolute atomic E-state index is 13.1. The van der Waals surface area contributed by atoms with E-state index in [4.69, 9.17) is 4.74 Å². The smallest absolute Gasteiger partial charge is 0.269 e. The van der Waals surface area contributed by atoms with Gasteiger partial charge in [-0.3, -0.25) is 19.6 Å². The Morgan fingerprint density at radius 1 is 0.971 bits per heavy atom. The summed E-state index contributed by atoms with van der Waals surface area (Å²) in [5.41, 5.74) is 4.54. The molecule has 2 amide bonds. The van der Waals surface area contributed by atoms with Gasteiger partial charge in [-0.1, -0.05) is 24.3 Å². The topological polar surface area (TPSA) is 105 Å². The quantitative estimate of drug-likeness (QED) is 0.374. The molecule has 2 aromatic carbocycles. The summed E-state index contributed by atoms with van der Waals surface area (Å²) in [7, 11) is 3.16. The van der Waals surface area contributed by atoms with Crippen molar-refractivity contribution in [3.8, 4) is 16.9 Å². The van der Waals surface area contributed by atoms with E-state index in [0.717, 1.165) is 35.0 Å². The molecule has 0 spiro atoms. The van der Waals surface area contributed by atoms with Crippen molar-refractivity contribution in [2.75, 3.05) is 19.5 Å². The summed E-state index contributed by atoms with van der Waals surface area (Å²) < 4.78 is 5.66. The molecular weight excluding hydrogens is 442 g/mol. The monoisotopic (exact) mass is 467 g/mol. The number of pyridine rings is 2. The van der Waals surface area contributed by atoms with Gasteiger partial charge < -0.3 is 20.7 Å². The number of aromatic nitrogens is 2. The first kappa shape index (κ1) is 22.3. The average molecular weight is 468 g/mol. The second kappa shape index (κ2) is 9.42. The van der Waals surface area contributed by atoms with Gasteiger partial charge in [0.15, 0.2) is 0 Å². The number of carbonyl (C=O) groups is 2. The standard InChI is InChI=1S/C27H25N5O3/c1-28-27(34)22-11-8-16(14-29-22)19-12-20-23(13-24(19)35-2)30-15-21(26(33)32-18-9-10-18)25(20)31-17-6-4-3-5-7-17/h3-8,11-15,18H,9-10H2,1-2H3,(H,28,34)(H,30,31)(H,32,33). The van der Waals surface area contributed by atoms with Crippen LogP contribution in [0.15, 0.2) is 67.0 Å². The molecule has 0 atom stereocenters. The first-order valence-corrected chi connectivity index (χ1v) is 11.4. The molecule has 0 unspecified atom stereocenters. The second-order valence-corrected chi connectivity index (χ2v) is 8.37. The van der Waals surface area contributed by atoms with Gasteiger partial charge in [0.1, 0.15) is 11.4 Å². The molecule has 2 aromatic heterocycles. The van der Waals surface area contributed by atoms with E-state index in [2.05, 4.69) is 25.9 Å². The molecule has 3 N–H and O–H groups in total. The summed E-state index contributed by atoms with van der Waals surface area (Å²) in [5.74, 6) is 0.196. The van der Waals surface area contributed by atoms with Crippen molar-refractivity contribution >= 4 is 34.1 Å². The first-order chi connectivity index (χ1) is 17.1. The van der Waals surface area contributed by atoms with Crippen LogP contribution in [-0.4, -0.2) is 42.0 Å². The van der Waals surface area contributed by atoms with Crippen molar-refractivity contribution in [2.24, 2.45) is 0 Å². The number of benzene rings is 2. The molecule has 0 bridgehead atoms. The summed E-state index contributed by atoms with van der Waals surface area (Å²) in [5, 5.41) is 9.83. The Labute approximate surface area is 202 Å². The molecule has 0 radical (unpaired) electrons. The van der Waals surface area contributed by atoms with Crippen molar-refractivity contribution in [1.82, 2.24) is 20.6 Å². The SMILES string of the molecule is CNC(=O)c1ccc(-c2cc3c(Nc4ccccc4)c(C(=O)NC4CC4)cnc3cc2OC)cn1. The van der Waals surface area contributed by atoms with Gasteiger partial charge in [-0.2, -0.15) is 0 Å². The van der Waals surface area contributed by atoms with Crippen molar-refractivity contribution < 1.29 is 14.3 Å². The average Bonchev–Trinajstić information content (AvgIpc) is 3.72. The minimum atomic E-state index is -0.258. The predicted molar refractivity (Wildman–Crippen MR) is 135 cm³/mol. The maximum Gasteiger partial charge on any atom is 0.269 e. The Bertz CT molecular complexity index is 1400. The summed E-state index contributed by atoms with van der Waals surface area (Å²) in [6.07, 6.45) is 5.23. The number of fused-ring (bicyclic) bond motifs is 1. The normalized spacial score (nSPS) is 12.7. The molecule has 0 aliphatic heterocycles. The van der Waals surface area contributed by atoms with Gasteiger partial charge in [-0.15, -0.1) is 0 Å². The van der Waals surface area contributed by atoms with Crippen LogP contribution in [0.4, 0.5) is 11.4 Å². The highest BCUT2D eigenvalue weighted by molar-refractivity contribution is 6.09. The van der Waals surface area contributed by atoms with Gasteiger partial charge >= 0.3 is 0 Å². The third-order valence-corrected chi connectivity index (χ3v) is 5.92. The van der Waals surface area contributed by atoms with Crippen LogP contribution in [0, 0.1) is 0 Å². The van der Waals surface area contributed by atoms with Crippen LogP contribution in [0.3, 0.4) is 0 Å². The molecule has 1 saturated carbocycles. The number of nitrogens with zero attached hydrogens (tertiary/aromatic N) is 2. The lowest BCUT2D eigenvalue weighted by Crippen LogP contribution is -2.26. The number of hydrogen-bond acceptors (Lipinski definition) is 6.